The number of hydrogen-bond acceptors (Lipinski definition) is 4. The molecule has 3 rings (SSSR count). The largest absolute Gasteiger partial charge is 0.454 e. The Morgan fingerprint density at radius 1 is 1.33 bits per heavy atom. The Morgan fingerprint density at radius 2 is 2.00 bits per heavy atom. The van der Waals surface area contributed by atoms with Gasteiger partial charge in [0.2, 0.25) is 6.79 Å². The minimum atomic E-state index is -0.0578. The molecule has 1 aliphatic heterocycles. The van der Waals surface area contributed by atoms with Crippen molar-refractivity contribution < 1.29 is 14.3 Å². The summed E-state index contributed by atoms with van der Waals surface area (Å²) >= 11 is 0. The number of carbonyl (C=O) groups excluding carboxylic acids is 1. The average Bonchev–Trinajstić information content (AvgIpc) is 3.13. The summed E-state index contributed by atoms with van der Waals surface area (Å²) in [5.74, 6) is 1.12. The van der Waals surface area contributed by atoms with E-state index in [1.54, 1.807) is 18.2 Å². The lowest BCUT2D eigenvalue weighted by atomic mass is 10.1. The van der Waals surface area contributed by atoms with E-state index in [-0.39, 0.29) is 18.7 Å². The van der Waals surface area contributed by atoms with E-state index in [1.807, 2.05) is 4.90 Å². The van der Waals surface area contributed by atoms with Crippen LogP contribution in [0.15, 0.2) is 24.8 Å². The average molecular weight is 288 g/mol. The van der Waals surface area contributed by atoms with E-state index < -0.39 is 0 Å². The summed E-state index contributed by atoms with van der Waals surface area (Å²) in [6, 6.07) is 3.63. The summed E-state index contributed by atoms with van der Waals surface area (Å²) in [5, 5.41) is 0. The summed E-state index contributed by atoms with van der Waals surface area (Å²) in [6.07, 6.45) is 6.19. The maximum atomic E-state index is 12.8. The summed E-state index contributed by atoms with van der Waals surface area (Å²) in [6.45, 7) is 4.47. The van der Waals surface area contributed by atoms with E-state index in [9.17, 15) is 4.79 Å². The number of anilines is 1. The van der Waals surface area contributed by atoms with E-state index in [1.165, 1.54) is 12.8 Å². The standard InChI is InChI=1S/C16H20N2O3/c1-2-7-18(11-5-3-4-6-11)16(19)12-8-14-15(9-13(12)17)21-10-20-14/h2,8-9,11H,1,3-7,10,17H2. The van der Waals surface area contributed by atoms with Gasteiger partial charge in [0.1, 0.15) is 0 Å². The van der Waals surface area contributed by atoms with Gasteiger partial charge in [-0.1, -0.05) is 18.9 Å². The van der Waals surface area contributed by atoms with Crippen LogP contribution < -0.4 is 15.2 Å². The highest BCUT2D eigenvalue weighted by Crippen LogP contribution is 2.37. The first-order valence-corrected chi connectivity index (χ1v) is 7.31. The Bertz CT molecular complexity index is 565. The van der Waals surface area contributed by atoms with Gasteiger partial charge in [-0.3, -0.25) is 4.79 Å². The molecule has 0 spiro atoms. The quantitative estimate of drug-likeness (QED) is 0.683. The molecule has 0 atom stereocenters. The number of nitrogens with zero attached hydrogens (tertiary/aromatic N) is 1. The monoisotopic (exact) mass is 288 g/mol. The molecule has 2 N–H and O–H groups in total. The van der Waals surface area contributed by atoms with Crippen LogP contribution >= 0.6 is 0 Å². The number of rotatable bonds is 4. The van der Waals surface area contributed by atoms with Gasteiger partial charge < -0.3 is 20.1 Å². The molecule has 0 radical (unpaired) electrons. The molecule has 1 aromatic carbocycles. The second-order valence-corrected chi connectivity index (χ2v) is 5.48. The first-order chi connectivity index (χ1) is 10.2. The second kappa shape index (κ2) is 5.68. The van der Waals surface area contributed by atoms with Gasteiger partial charge >= 0.3 is 0 Å². The SMILES string of the molecule is C=CCN(C(=O)c1cc2c(cc1N)OCO2)C1CCCC1. The van der Waals surface area contributed by atoms with Gasteiger partial charge in [-0.2, -0.15) is 0 Å². The summed E-state index contributed by atoms with van der Waals surface area (Å²) in [7, 11) is 0. The van der Waals surface area contributed by atoms with Crippen LogP contribution in [0.2, 0.25) is 0 Å². The molecule has 1 aliphatic carbocycles. The number of benzene rings is 1. The van der Waals surface area contributed by atoms with Crippen molar-refractivity contribution in [3.8, 4) is 11.5 Å². The Labute approximate surface area is 124 Å². The number of nitrogen functional groups attached to an aromatic ring is 1. The number of amides is 1. The fraction of sp³-hybridized carbons (Fsp3) is 0.438. The highest BCUT2D eigenvalue weighted by molar-refractivity contribution is 6.00. The van der Waals surface area contributed by atoms with Crippen molar-refractivity contribution in [3.05, 3.63) is 30.4 Å². The van der Waals surface area contributed by atoms with Crippen molar-refractivity contribution in [2.75, 3.05) is 19.1 Å². The molecule has 0 aromatic heterocycles. The predicted octanol–water partition coefficient (Wildman–Crippen LogP) is 2.57. The molecule has 1 amide bonds. The zero-order valence-electron chi connectivity index (χ0n) is 12.0. The smallest absolute Gasteiger partial charge is 0.256 e. The highest BCUT2D eigenvalue weighted by Gasteiger charge is 2.29. The van der Waals surface area contributed by atoms with Crippen molar-refractivity contribution in [2.24, 2.45) is 0 Å². The van der Waals surface area contributed by atoms with Crippen LogP contribution in [0.5, 0.6) is 11.5 Å². The van der Waals surface area contributed by atoms with Crippen molar-refractivity contribution in [1.82, 2.24) is 4.90 Å². The summed E-state index contributed by atoms with van der Waals surface area (Å²) in [5.41, 5.74) is 6.93. The molecule has 1 aromatic rings. The number of carbonyl (C=O) groups is 1. The minimum Gasteiger partial charge on any atom is -0.454 e. The molecule has 5 heteroatoms. The summed E-state index contributed by atoms with van der Waals surface area (Å²) in [4.78, 5) is 14.7. The third kappa shape index (κ3) is 2.55. The van der Waals surface area contributed by atoms with Crippen LogP contribution in [0, 0.1) is 0 Å². The zero-order chi connectivity index (χ0) is 14.8. The lowest BCUT2D eigenvalue weighted by Crippen LogP contribution is -2.39. The predicted molar refractivity (Wildman–Crippen MR) is 80.5 cm³/mol. The minimum absolute atomic E-state index is 0.0578. The maximum Gasteiger partial charge on any atom is 0.256 e. The molecule has 2 aliphatic rings. The van der Waals surface area contributed by atoms with E-state index >= 15 is 0 Å². The highest BCUT2D eigenvalue weighted by atomic mass is 16.7. The molecule has 21 heavy (non-hydrogen) atoms. The Hall–Kier alpha value is -2.17. The van der Waals surface area contributed by atoms with Gasteiger partial charge in [-0.25, -0.2) is 0 Å². The van der Waals surface area contributed by atoms with Crippen molar-refractivity contribution in [1.29, 1.82) is 0 Å². The van der Waals surface area contributed by atoms with E-state index in [0.29, 0.717) is 29.3 Å². The Morgan fingerprint density at radius 3 is 2.67 bits per heavy atom. The van der Waals surface area contributed by atoms with Crippen LogP contribution in [0.25, 0.3) is 0 Å². The van der Waals surface area contributed by atoms with Crippen LogP contribution in [-0.4, -0.2) is 30.2 Å². The summed E-state index contributed by atoms with van der Waals surface area (Å²) < 4.78 is 10.6. The second-order valence-electron chi connectivity index (χ2n) is 5.48. The van der Waals surface area contributed by atoms with Gasteiger partial charge in [-0.15, -0.1) is 6.58 Å². The topological polar surface area (TPSA) is 64.8 Å². The number of nitrogens with two attached hydrogens (primary N) is 1. The Kier molecular flexibility index (Phi) is 3.73. The van der Waals surface area contributed by atoms with Crippen molar-refractivity contribution >= 4 is 11.6 Å². The number of hydrogen-bond donors (Lipinski definition) is 1. The molecule has 112 valence electrons. The van der Waals surface area contributed by atoms with Crippen molar-refractivity contribution in [2.45, 2.75) is 31.7 Å². The van der Waals surface area contributed by atoms with Gasteiger partial charge in [0.05, 0.1) is 5.56 Å². The van der Waals surface area contributed by atoms with Crippen LogP contribution in [-0.2, 0) is 0 Å². The third-order valence-electron chi connectivity index (χ3n) is 4.13. The number of fused-ring (bicyclic) bond motifs is 1. The molecule has 1 saturated carbocycles. The first kappa shape index (κ1) is 13.8. The lowest BCUT2D eigenvalue weighted by Gasteiger charge is -2.28. The molecule has 1 fully saturated rings. The fourth-order valence-electron chi connectivity index (χ4n) is 3.05. The van der Waals surface area contributed by atoms with Crippen LogP contribution in [0.3, 0.4) is 0 Å². The van der Waals surface area contributed by atoms with E-state index in [0.717, 1.165) is 12.8 Å². The normalized spacial score (nSPS) is 17.0. The van der Waals surface area contributed by atoms with Gasteiger partial charge in [0.25, 0.3) is 5.91 Å². The van der Waals surface area contributed by atoms with Gasteiger partial charge in [0.15, 0.2) is 11.5 Å². The van der Waals surface area contributed by atoms with Gasteiger partial charge in [-0.05, 0) is 18.9 Å². The van der Waals surface area contributed by atoms with E-state index in [2.05, 4.69) is 6.58 Å². The molecule has 1 heterocycles. The molecule has 0 saturated heterocycles. The Balaban J connectivity index is 1.90. The first-order valence-electron chi connectivity index (χ1n) is 7.31. The zero-order valence-corrected chi connectivity index (χ0v) is 12.0. The molecule has 0 bridgehead atoms. The van der Waals surface area contributed by atoms with Crippen LogP contribution in [0.1, 0.15) is 36.0 Å². The molecule has 5 nitrogen and oxygen atoms in total. The molecule has 0 unspecified atom stereocenters. The van der Waals surface area contributed by atoms with Crippen LogP contribution in [0.4, 0.5) is 5.69 Å². The third-order valence-corrected chi connectivity index (χ3v) is 4.13. The van der Waals surface area contributed by atoms with Gasteiger partial charge in [0, 0.05) is 24.3 Å². The fourth-order valence-corrected chi connectivity index (χ4v) is 3.05. The van der Waals surface area contributed by atoms with Crippen molar-refractivity contribution in [3.63, 3.8) is 0 Å². The number of ether oxygens (including phenoxy) is 2. The molecular weight excluding hydrogens is 268 g/mol. The molecular formula is C16H20N2O3. The maximum absolute atomic E-state index is 12.8. The van der Waals surface area contributed by atoms with E-state index in [4.69, 9.17) is 15.2 Å². The lowest BCUT2D eigenvalue weighted by molar-refractivity contribution is 0.0707.